The molecule has 4 amide bonds. The average Bonchev–Trinajstić information content (AvgIpc) is 3.41. The van der Waals surface area contributed by atoms with Crippen LogP contribution in [-0.4, -0.2) is 44.5 Å². The van der Waals surface area contributed by atoms with E-state index in [9.17, 15) is 19.2 Å². The van der Waals surface area contributed by atoms with Gasteiger partial charge in [-0.1, -0.05) is 18.2 Å². The van der Waals surface area contributed by atoms with Crippen LogP contribution in [0.4, 0.5) is 0 Å². The molecule has 186 valence electrons. The van der Waals surface area contributed by atoms with Crippen LogP contribution in [0, 0.1) is 0 Å². The van der Waals surface area contributed by atoms with Gasteiger partial charge in [-0.15, -0.1) is 0 Å². The van der Waals surface area contributed by atoms with Gasteiger partial charge in [0.25, 0.3) is 5.91 Å². The zero-order valence-corrected chi connectivity index (χ0v) is 21.4. The van der Waals surface area contributed by atoms with Crippen molar-refractivity contribution in [1.29, 1.82) is 0 Å². The molecule has 3 aromatic rings. The van der Waals surface area contributed by atoms with E-state index in [1.54, 1.807) is 11.0 Å². The van der Waals surface area contributed by atoms with E-state index in [2.05, 4.69) is 36.5 Å². The number of aromatic amines is 1. The summed E-state index contributed by atoms with van der Waals surface area (Å²) in [6, 6.07) is 10.5. The van der Waals surface area contributed by atoms with Crippen LogP contribution in [0.15, 0.2) is 40.9 Å². The van der Waals surface area contributed by atoms with Crippen molar-refractivity contribution in [2.45, 2.75) is 57.7 Å². The highest BCUT2D eigenvalue weighted by Crippen LogP contribution is 2.31. The Morgan fingerprint density at radius 2 is 2.03 bits per heavy atom. The Balaban J connectivity index is 1.30. The van der Waals surface area contributed by atoms with Crippen LogP contribution in [0.2, 0.25) is 0 Å². The van der Waals surface area contributed by atoms with Gasteiger partial charge in [0.1, 0.15) is 11.9 Å². The summed E-state index contributed by atoms with van der Waals surface area (Å²) in [7, 11) is 0. The molecule has 9 nitrogen and oxygen atoms in total. The number of amides is 4. The van der Waals surface area contributed by atoms with Crippen LogP contribution >= 0.6 is 15.9 Å². The van der Waals surface area contributed by atoms with E-state index in [0.717, 1.165) is 33.1 Å². The number of benzene rings is 2. The summed E-state index contributed by atoms with van der Waals surface area (Å²) >= 11 is 3.54. The average molecular weight is 552 g/mol. The molecule has 0 aliphatic carbocycles. The summed E-state index contributed by atoms with van der Waals surface area (Å²) in [6.45, 7) is 1.84. The van der Waals surface area contributed by atoms with Gasteiger partial charge >= 0.3 is 0 Å². The number of carbonyl (C=O) groups is 4. The number of nitrogens with one attached hydrogen (secondary N) is 3. The van der Waals surface area contributed by atoms with Gasteiger partial charge in [0.2, 0.25) is 17.7 Å². The molecule has 0 radical (unpaired) electrons. The van der Waals surface area contributed by atoms with Gasteiger partial charge in [0, 0.05) is 29.9 Å². The number of fused-ring (bicyclic) bond motifs is 2. The number of rotatable bonds is 7. The number of para-hydroxylation sites is 1. The fourth-order valence-electron chi connectivity index (χ4n) is 5.08. The van der Waals surface area contributed by atoms with Gasteiger partial charge < -0.3 is 15.2 Å². The number of H-pyrrole nitrogens is 1. The predicted octanol–water partition coefficient (Wildman–Crippen LogP) is 3.29. The molecule has 1 fully saturated rings. The second-order valence-electron chi connectivity index (χ2n) is 9.24. The SMILES string of the molecule is CC(=O)N[C@@H](CCCc1cccc2c1CN(C1CCC(=O)NC1=O)C2=O)c1nc2cccc(Br)c2[nH]1. The molecule has 3 N–H and O–H groups in total. The molecule has 0 spiro atoms. The van der Waals surface area contributed by atoms with Gasteiger partial charge in [0.15, 0.2) is 0 Å². The number of halogens is 1. The van der Waals surface area contributed by atoms with E-state index in [1.165, 1.54) is 6.92 Å². The first-order valence-corrected chi connectivity index (χ1v) is 12.8. The lowest BCUT2D eigenvalue weighted by Gasteiger charge is -2.29. The van der Waals surface area contributed by atoms with Gasteiger partial charge in [-0.2, -0.15) is 0 Å². The third-order valence-electron chi connectivity index (χ3n) is 6.81. The Labute approximate surface area is 216 Å². The number of aryl methyl sites for hydroxylation is 1. The quantitative estimate of drug-likeness (QED) is 0.388. The molecule has 1 aromatic heterocycles. The Kier molecular flexibility index (Phi) is 6.61. The van der Waals surface area contributed by atoms with Crippen molar-refractivity contribution in [2.24, 2.45) is 0 Å². The summed E-state index contributed by atoms with van der Waals surface area (Å²) in [4.78, 5) is 58.4. The smallest absolute Gasteiger partial charge is 0.255 e. The molecule has 1 saturated heterocycles. The topological polar surface area (TPSA) is 124 Å². The van der Waals surface area contributed by atoms with Crippen LogP contribution in [0.3, 0.4) is 0 Å². The molecular formula is C26H26BrN5O4. The maximum atomic E-state index is 13.1. The third kappa shape index (κ3) is 4.65. The molecule has 2 atom stereocenters. The molecule has 3 heterocycles. The minimum absolute atomic E-state index is 0.134. The lowest BCUT2D eigenvalue weighted by atomic mass is 9.97. The first kappa shape index (κ1) is 24.2. The molecule has 5 rings (SSSR count). The van der Waals surface area contributed by atoms with E-state index in [-0.39, 0.29) is 30.2 Å². The Morgan fingerprint density at radius 3 is 2.78 bits per heavy atom. The number of nitrogens with zero attached hydrogens (tertiary/aromatic N) is 2. The summed E-state index contributed by atoms with van der Waals surface area (Å²) in [5.74, 6) is -0.322. The van der Waals surface area contributed by atoms with E-state index in [4.69, 9.17) is 0 Å². The molecular weight excluding hydrogens is 526 g/mol. The van der Waals surface area contributed by atoms with Crippen molar-refractivity contribution in [2.75, 3.05) is 0 Å². The number of piperidine rings is 1. The zero-order valence-electron chi connectivity index (χ0n) is 19.8. The standard InChI is InChI=1S/C26H26BrN5O4/c1-14(33)28-20(24-29-19-9-4-8-18(27)23(19)31-24)10-3-6-15-5-2-7-16-17(15)13-32(26(16)36)21-11-12-22(34)30-25(21)35/h2,4-5,7-9,20-21H,3,6,10-13H2,1H3,(H,28,33)(H,29,31)(H,30,34,35)/t20-,21?/m0/s1. The van der Waals surface area contributed by atoms with Crippen molar-refractivity contribution in [3.63, 3.8) is 0 Å². The van der Waals surface area contributed by atoms with Crippen LogP contribution in [-0.2, 0) is 27.3 Å². The summed E-state index contributed by atoms with van der Waals surface area (Å²) in [5.41, 5.74) is 4.29. The van der Waals surface area contributed by atoms with Crippen molar-refractivity contribution in [1.82, 2.24) is 25.5 Å². The monoisotopic (exact) mass is 551 g/mol. The second kappa shape index (κ2) is 9.85. The first-order chi connectivity index (χ1) is 17.3. The van der Waals surface area contributed by atoms with E-state index >= 15 is 0 Å². The highest BCUT2D eigenvalue weighted by molar-refractivity contribution is 9.10. The molecule has 2 aliphatic heterocycles. The second-order valence-corrected chi connectivity index (χ2v) is 10.1. The van der Waals surface area contributed by atoms with Crippen LogP contribution in [0.5, 0.6) is 0 Å². The summed E-state index contributed by atoms with van der Waals surface area (Å²) in [5, 5.41) is 5.34. The fraction of sp³-hybridized carbons (Fsp3) is 0.346. The lowest BCUT2D eigenvalue weighted by Crippen LogP contribution is -2.52. The molecule has 2 aromatic carbocycles. The van der Waals surface area contributed by atoms with Crippen LogP contribution < -0.4 is 10.6 Å². The highest BCUT2D eigenvalue weighted by atomic mass is 79.9. The Morgan fingerprint density at radius 1 is 1.22 bits per heavy atom. The number of imide groups is 1. The normalized spacial score (nSPS) is 18.3. The van der Waals surface area contributed by atoms with E-state index < -0.39 is 11.9 Å². The van der Waals surface area contributed by atoms with Gasteiger partial charge in [-0.3, -0.25) is 24.5 Å². The van der Waals surface area contributed by atoms with Crippen molar-refractivity contribution in [3.8, 4) is 0 Å². The minimum atomic E-state index is -0.632. The van der Waals surface area contributed by atoms with Gasteiger partial charge in [0.05, 0.1) is 17.1 Å². The number of carbonyl (C=O) groups excluding carboxylic acids is 4. The molecule has 10 heteroatoms. The van der Waals surface area contributed by atoms with E-state index in [1.807, 2.05) is 30.3 Å². The minimum Gasteiger partial charge on any atom is -0.346 e. The maximum absolute atomic E-state index is 13.1. The van der Waals surface area contributed by atoms with Gasteiger partial charge in [-0.25, -0.2) is 4.98 Å². The number of hydrogen-bond donors (Lipinski definition) is 3. The highest BCUT2D eigenvalue weighted by Gasteiger charge is 2.39. The zero-order chi connectivity index (χ0) is 25.4. The molecule has 2 aliphatic rings. The number of hydrogen-bond acceptors (Lipinski definition) is 5. The van der Waals surface area contributed by atoms with Crippen molar-refractivity contribution in [3.05, 3.63) is 63.4 Å². The summed E-state index contributed by atoms with van der Waals surface area (Å²) < 4.78 is 0.908. The fourth-order valence-corrected chi connectivity index (χ4v) is 5.54. The van der Waals surface area contributed by atoms with Crippen molar-refractivity contribution < 1.29 is 19.2 Å². The van der Waals surface area contributed by atoms with Crippen LogP contribution in [0.25, 0.3) is 11.0 Å². The Bertz CT molecular complexity index is 1380. The summed E-state index contributed by atoms with van der Waals surface area (Å²) in [6.07, 6.45) is 2.69. The first-order valence-electron chi connectivity index (χ1n) is 12.0. The van der Waals surface area contributed by atoms with Crippen molar-refractivity contribution >= 4 is 50.6 Å². The van der Waals surface area contributed by atoms with Crippen LogP contribution in [0.1, 0.15) is 66.0 Å². The maximum Gasteiger partial charge on any atom is 0.255 e. The van der Waals surface area contributed by atoms with Gasteiger partial charge in [-0.05, 0) is 70.9 Å². The number of imidazole rings is 1. The lowest BCUT2D eigenvalue weighted by molar-refractivity contribution is -0.137. The number of aromatic nitrogens is 2. The molecule has 36 heavy (non-hydrogen) atoms. The molecule has 0 bridgehead atoms. The largest absolute Gasteiger partial charge is 0.346 e. The Hall–Kier alpha value is -3.53. The predicted molar refractivity (Wildman–Crippen MR) is 136 cm³/mol. The molecule has 0 saturated carbocycles. The van der Waals surface area contributed by atoms with E-state index in [0.29, 0.717) is 37.2 Å². The third-order valence-corrected chi connectivity index (χ3v) is 7.47. The molecule has 1 unspecified atom stereocenters.